The van der Waals surface area contributed by atoms with Gasteiger partial charge in [-0.2, -0.15) is 0 Å². The molecule has 3 N–H and O–H groups in total. The van der Waals surface area contributed by atoms with E-state index in [1.54, 1.807) is 6.92 Å². The molecule has 0 aromatic heterocycles. The predicted molar refractivity (Wildman–Crippen MR) is 119 cm³/mol. The van der Waals surface area contributed by atoms with Gasteiger partial charge in [0.15, 0.2) is 5.96 Å². The third-order valence-corrected chi connectivity index (χ3v) is 6.10. The predicted octanol–water partition coefficient (Wildman–Crippen LogP) is 2.22. The molecule has 0 radical (unpaired) electrons. The summed E-state index contributed by atoms with van der Waals surface area (Å²) in [5.74, 6) is 0.834. The Morgan fingerprint density at radius 1 is 1.12 bits per heavy atom. The minimum atomic E-state index is -3.15. The molecule has 0 unspecified atom stereocenters. The van der Waals surface area contributed by atoms with Gasteiger partial charge in [0.1, 0.15) is 0 Å². The van der Waals surface area contributed by atoms with Gasteiger partial charge in [0.05, 0.1) is 12.3 Å². The first kappa shape index (κ1) is 23.2. The Morgan fingerprint density at radius 2 is 1.81 bits per heavy atom. The summed E-state index contributed by atoms with van der Waals surface area (Å²) >= 11 is 0. The van der Waals surface area contributed by atoms with Gasteiger partial charge < -0.3 is 10.6 Å². The van der Waals surface area contributed by atoms with Gasteiger partial charge in [-0.15, -0.1) is 24.0 Å². The van der Waals surface area contributed by atoms with Crippen molar-refractivity contribution in [3.8, 4) is 0 Å². The van der Waals surface area contributed by atoms with Crippen LogP contribution in [0.2, 0.25) is 0 Å². The van der Waals surface area contributed by atoms with Gasteiger partial charge in [-0.25, -0.2) is 13.1 Å². The Kier molecular flexibility index (Phi) is 9.88. The van der Waals surface area contributed by atoms with Crippen LogP contribution in [0, 0.1) is 0 Å². The molecule has 6 nitrogen and oxygen atoms in total. The summed E-state index contributed by atoms with van der Waals surface area (Å²) in [5.41, 5.74) is 1.50. The molecule has 1 aliphatic carbocycles. The van der Waals surface area contributed by atoms with E-state index in [1.807, 2.05) is 13.0 Å². The quantitative estimate of drug-likeness (QED) is 0.213. The maximum atomic E-state index is 11.4. The molecular weight excluding hydrogens is 463 g/mol. The number of hydrogen-bond acceptors (Lipinski definition) is 3. The average Bonchev–Trinajstić information content (AvgIpc) is 2.58. The zero-order valence-electron chi connectivity index (χ0n) is 15.6. The van der Waals surface area contributed by atoms with Crippen LogP contribution in [0.5, 0.6) is 0 Å². The van der Waals surface area contributed by atoms with Crippen LogP contribution >= 0.6 is 24.0 Å². The number of aliphatic imine (C=N–C) groups is 1. The van der Waals surface area contributed by atoms with E-state index < -0.39 is 10.0 Å². The summed E-state index contributed by atoms with van der Waals surface area (Å²) in [7, 11) is -3.15. The van der Waals surface area contributed by atoms with Gasteiger partial charge >= 0.3 is 0 Å². The molecule has 0 bridgehead atoms. The molecule has 1 aromatic rings. The highest BCUT2D eigenvalue weighted by molar-refractivity contribution is 14.0. The van der Waals surface area contributed by atoms with Crippen LogP contribution in [0.25, 0.3) is 0 Å². The Balaban J connectivity index is 0.00000338. The lowest BCUT2D eigenvalue weighted by Crippen LogP contribution is -2.44. The maximum absolute atomic E-state index is 11.4. The number of nitrogens with zero attached hydrogens (tertiary/aromatic N) is 1. The molecule has 1 fully saturated rings. The van der Waals surface area contributed by atoms with Crippen molar-refractivity contribution in [2.24, 2.45) is 4.99 Å². The van der Waals surface area contributed by atoms with Crippen molar-refractivity contribution in [2.75, 3.05) is 31.9 Å². The number of benzene rings is 1. The zero-order chi connectivity index (χ0) is 18.2. The maximum Gasteiger partial charge on any atom is 0.211 e. The summed E-state index contributed by atoms with van der Waals surface area (Å²) < 4.78 is 25.4. The second kappa shape index (κ2) is 11.1. The summed E-state index contributed by atoms with van der Waals surface area (Å²) in [5, 5.41) is 6.43. The van der Waals surface area contributed by atoms with Crippen LogP contribution in [0.15, 0.2) is 35.3 Å². The van der Waals surface area contributed by atoms with Crippen molar-refractivity contribution >= 4 is 40.0 Å². The molecule has 0 heterocycles. The number of guanidine groups is 1. The van der Waals surface area contributed by atoms with Crippen LogP contribution < -0.4 is 15.4 Å². The van der Waals surface area contributed by atoms with Gasteiger partial charge in [0.2, 0.25) is 10.0 Å². The van der Waals surface area contributed by atoms with Crippen LogP contribution in [-0.4, -0.2) is 46.3 Å². The first-order valence-electron chi connectivity index (χ1n) is 9.06. The highest BCUT2D eigenvalue weighted by Crippen LogP contribution is 2.43. The monoisotopic (exact) mass is 494 g/mol. The molecule has 0 saturated heterocycles. The Morgan fingerprint density at radius 3 is 2.35 bits per heavy atom. The fraction of sp³-hybridized carbons (Fsp3) is 0.611. The number of halogens is 1. The van der Waals surface area contributed by atoms with Crippen LogP contribution in [-0.2, 0) is 15.4 Å². The second-order valence-corrected chi connectivity index (χ2v) is 8.52. The Bertz CT molecular complexity index is 661. The summed E-state index contributed by atoms with van der Waals surface area (Å²) in [6.45, 7) is 6.02. The van der Waals surface area contributed by atoms with Gasteiger partial charge in [0.25, 0.3) is 0 Å². The first-order valence-corrected chi connectivity index (χ1v) is 10.7. The number of sulfonamides is 1. The topological polar surface area (TPSA) is 82.6 Å². The number of rotatable bonds is 9. The van der Waals surface area contributed by atoms with Gasteiger partial charge in [0, 0.05) is 25.0 Å². The SMILES string of the molecule is CCNC(=NCC1(c2ccccc2)CCC1)NCCNS(=O)(=O)CC.I. The highest BCUT2D eigenvalue weighted by Gasteiger charge is 2.38. The van der Waals surface area contributed by atoms with E-state index in [2.05, 4.69) is 39.6 Å². The molecular formula is C18H31IN4O2S. The fourth-order valence-electron chi connectivity index (χ4n) is 2.99. The van der Waals surface area contributed by atoms with E-state index in [1.165, 1.54) is 12.0 Å². The molecule has 8 heteroatoms. The number of hydrogen-bond donors (Lipinski definition) is 3. The van der Waals surface area contributed by atoms with E-state index in [0.717, 1.165) is 31.9 Å². The van der Waals surface area contributed by atoms with Crippen LogP contribution in [0.1, 0.15) is 38.7 Å². The lowest BCUT2D eigenvalue weighted by Gasteiger charge is -2.41. The third kappa shape index (κ3) is 6.70. The second-order valence-electron chi connectivity index (χ2n) is 6.42. The van der Waals surface area contributed by atoms with Crippen molar-refractivity contribution in [3.63, 3.8) is 0 Å². The van der Waals surface area contributed by atoms with Gasteiger partial charge in [-0.05, 0) is 32.3 Å². The fourth-order valence-corrected chi connectivity index (χ4v) is 3.61. The summed E-state index contributed by atoms with van der Waals surface area (Å²) in [6, 6.07) is 10.6. The van der Waals surface area contributed by atoms with E-state index in [9.17, 15) is 8.42 Å². The molecule has 0 atom stereocenters. The van der Waals surface area contributed by atoms with E-state index in [0.29, 0.717) is 13.1 Å². The summed E-state index contributed by atoms with van der Waals surface area (Å²) in [6.07, 6.45) is 3.57. The number of nitrogens with one attached hydrogen (secondary N) is 3. The molecule has 148 valence electrons. The van der Waals surface area contributed by atoms with Crippen molar-refractivity contribution in [1.82, 2.24) is 15.4 Å². The van der Waals surface area contributed by atoms with E-state index in [4.69, 9.17) is 4.99 Å². The van der Waals surface area contributed by atoms with Crippen molar-refractivity contribution in [3.05, 3.63) is 35.9 Å². The van der Waals surface area contributed by atoms with Crippen molar-refractivity contribution < 1.29 is 8.42 Å². The van der Waals surface area contributed by atoms with Gasteiger partial charge in [-0.3, -0.25) is 4.99 Å². The minimum absolute atomic E-state index is 0. The molecule has 1 saturated carbocycles. The standard InChI is InChI=1S/C18H30N4O2S.HI/c1-3-19-17(20-13-14-22-25(23,24)4-2)21-15-18(11-8-12-18)16-9-6-5-7-10-16;/h5-7,9-10,22H,3-4,8,11-15H2,1-2H3,(H2,19,20,21);1H. The molecule has 1 aromatic carbocycles. The average molecular weight is 494 g/mol. The smallest absolute Gasteiger partial charge is 0.211 e. The lowest BCUT2D eigenvalue weighted by molar-refractivity contribution is 0.253. The minimum Gasteiger partial charge on any atom is -0.357 e. The molecule has 1 aliphatic rings. The third-order valence-electron chi connectivity index (χ3n) is 4.70. The van der Waals surface area contributed by atoms with Crippen LogP contribution in [0.3, 0.4) is 0 Å². The van der Waals surface area contributed by atoms with E-state index in [-0.39, 0.29) is 35.1 Å². The van der Waals surface area contributed by atoms with E-state index >= 15 is 0 Å². The Labute approximate surface area is 174 Å². The molecule has 0 aliphatic heterocycles. The molecule has 0 spiro atoms. The largest absolute Gasteiger partial charge is 0.357 e. The molecule has 26 heavy (non-hydrogen) atoms. The summed E-state index contributed by atoms with van der Waals surface area (Å²) in [4.78, 5) is 4.76. The lowest BCUT2D eigenvalue weighted by atomic mass is 9.64. The van der Waals surface area contributed by atoms with Crippen molar-refractivity contribution in [1.29, 1.82) is 0 Å². The molecule has 2 rings (SSSR count). The van der Waals surface area contributed by atoms with Crippen molar-refractivity contribution in [2.45, 2.75) is 38.5 Å². The van der Waals surface area contributed by atoms with Crippen LogP contribution in [0.4, 0.5) is 0 Å². The highest BCUT2D eigenvalue weighted by atomic mass is 127. The zero-order valence-corrected chi connectivity index (χ0v) is 18.8. The first-order chi connectivity index (χ1) is 12.0. The molecule has 0 amide bonds. The van der Waals surface area contributed by atoms with Gasteiger partial charge in [-0.1, -0.05) is 36.8 Å². The normalized spacial score (nSPS) is 16.3. The Hall–Kier alpha value is -0.870.